The van der Waals surface area contributed by atoms with Crippen molar-refractivity contribution in [1.29, 1.82) is 0 Å². The van der Waals surface area contributed by atoms with Crippen LogP contribution in [0.1, 0.15) is 33.9 Å². The van der Waals surface area contributed by atoms with Crippen LogP contribution in [0.5, 0.6) is 0 Å². The zero-order valence-corrected chi connectivity index (χ0v) is 14.1. The van der Waals surface area contributed by atoms with Gasteiger partial charge in [-0.15, -0.1) is 0 Å². The molecule has 1 N–H and O–H groups in total. The van der Waals surface area contributed by atoms with Gasteiger partial charge >= 0.3 is 0 Å². The van der Waals surface area contributed by atoms with Crippen LogP contribution in [-0.2, 0) is 0 Å². The Kier molecular flexibility index (Phi) is 5.24. The number of carbonyl (C=O) groups is 1. The third kappa shape index (κ3) is 4.54. The summed E-state index contributed by atoms with van der Waals surface area (Å²) in [5.41, 5.74) is 3.66. The number of halogens is 1. The van der Waals surface area contributed by atoms with Gasteiger partial charge in [-0.2, -0.15) is 0 Å². The van der Waals surface area contributed by atoms with Gasteiger partial charge in [0.05, 0.1) is 6.04 Å². The Morgan fingerprint density at radius 3 is 2.20 bits per heavy atom. The molecule has 0 aliphatic heterocycles. The van der Waals surface area contributed by atoms with Gasteiger partial charge in [0.15, 0.2) is 5.78 Å². The van der Waals surface area contributed by atoms with E-state index >= 15 is 0 Å². The van der Waals surface area contributed by atoms with Crippen LogP contribution in [0.15, 0.2) is 78.9 Å². The summed E-state index contributed by atoms with van der Waals surface area (Å²) in [5, 5.41) is 3.40. The number of anilines is 1. The molecule has 0 radical (unpaired) electrons. The number of nitrogens with one attached hydrogen (secondary N) is 1. The summed E-state index contributed by atoms with van der Waals surface area (Å²) in [6, 6.07) is 23.3. The molecule has 0 spiro atoms. The van der Waals surface area contributed by atoms with E-state index in [4.69, 9.17) is 0 Å². The Morgan fingerprint density at radius 2 is 1.56 bits per heavy atom. The second-order valence-electron chi connectivity index (χ2n) is 6.11. The minimum absolute atomic E-state index is 0.0505. The van der Waals surface area contributed by atoms with Gasteiger partial charge in [0.1, 0.15) is 5.82 Å². The van der Waals surface area contributed by atoms with Crippen LogP contribution in [0, 0.1) is 12.7 Å². The van der Waals surface area contributed by atoms with Crippen LogP contribution in [-0.4, -0.2) is 5.78 Å². The van der Waals surface area contributed by atoms with Gasteiger partial charge < -0.3 is 5.32 Å². The molecule has 3 heteroatoms. The average molecular weight is 333 g/mol. The maximum atomic E-state index is 13.3. The summed E-state index contributed by atoms with van der Waals surface area (Å²) in [6.45, 7) is 2.03. The molecule has 0 aliphatic carbocycles. The van der Waals surface area contributed by atoms with Crippen molar-refractivity contribution >= 4 is 11.5 Å². The highest BCUT2D eigenvalue weighted by molar-refractivity contribution is 5.96. The average Bonchev–Trinajstić information content (AvgIpc) is 2.64. The van der Waals surface area contributed by atoms with Crippen LogP contribution in [0.25, 0.3) is 0 Å². The molecule has 0 saturated carbocycles. The molecule has 1 atom stereocenters. The van der Waals surface area contributed by atoms with E-state index in [2.05, 4.69) is 5.32 Å². The highest BCUT2D eigenvalue weighted by atomic mass is 19.1. The van der Waals surface area contributed by atoms with Gasteiger partial charge in [-0.3, -0.25) is 4.79 Å². The predicted octanol–water partition coefficient (Wildman–Crippen LogP) is 5.56. The molecule has 0 aliphatic rings. The highest BCUT2D eigenvalue weighted by Crippen LogP contribution is 2.25. The van der Waals surface area contributed by atoms with Crippen molar-refractivity contribution in [3.8, 4) is 0 Å². The van der Waals surface area contributed by atoms with Crippen LogP contribution in [0.3, 0.4) is 0 Å². The number of hydrogen-bond donors (Lipinski definition) is 1. The second-order valence-corrected chi connectivity index (χ2v) is 6.11. The smallest absolute Gasteiger partial charge is 0.165 e. The fraction of sp³-hybridized carbons (Fsp3) is 0.136. The van der Waals surface area contributed by atoms with Crippen molar-refractivity contribution in [3.63, 3.8) is 0 Å². The number of rotatable bonds is 6. The first-order valence-corrected chi connectivity index (χ1v) is 8.29. The van der Waals surface area contributed by atoms with E-state index in [1.807, 2.05) is 61.5 Å². The monoisotopic (exact) mass is 333 g/mol. The first-order valence-electron chi connectivity index (χ1n) is 8.29. The van der Waals surface area contributed by atoms with Crippen molar-refractivity contribution in [3.05, 3.63) is 101 Å². The van der Waals surface area contributed by atoms with Crippen molar-refractivity contribution in [1.82, 2.24) is 0 Å². The molecule has 0 heterocycles. The first-order chi connectivity index (χ1) is 12.1. The van der Waals surface area contributed by atoms with Gasteiger partial charge in [-0.25, -0.2) is 4.39 Å². The quantitative estimate of drug-likeness (QED) is 0.598. The van der Waals surface area contributed by atoms with Gasteiger partial charge in [-0.1, -0.05) is 60.2 Å². The zero-order chi connectivity index (χ0) is 17.6. The molecule has 0 bridgehead atoms. The van der Waals surface area contributed by atoms with E-state index in [9.17, 15) is 9.18 Å². The van der Waals surface area contributed by atoms with Crippen LogP contribution >= 0.6 is 0 Å². The van der Waals surface area contributed by atoms with E-state index in [-0.39, 0.29) is 17.6 Å². The molecule has 0 aromatic heterocycles. The van der Waals surface area contributed by atoms with Crippen LogP contribution in [0.2, 0.25) is 0 Å². The Bertz CT molecular complexity index is 826. The molecule has 0 saturated heterocycles. The normalized spacial score (nSPS) is 11.8. The number of benzene rings is 3. The summed E-state index contributed by atoms with van der Waals surface area (Å²) in [7, 11) is 0. The van der Waals surface area contributed by atoms with E-state index in [1.54, 1.807) is 12.1 Å². The topological polar surface area (TPSA) is 29.1 Å². The lowest BCUT2D eigenvalue weighted by Crippen LogP contribution is -2.16. The minimum atomic E-state index is -0.285. The van der Waals surface area contributed by atoms with E-state index in [0.717, 1.165) is 11.3 Å². The molecule has 0 amide bonds. The minimum Gasteiger partial charge on any atom is -0.378 e. The third-order valence-electron chi connectivity index (χ3n) is 4.15. The lowest BCUT2D eigenvalue weighted by atomic mass is 9.97. The van der Waals surface area contributed by atoms with Crippen LogP contribution in [0.4, 0.5) is 10.1 Å². The third-order valence-corrected chi connectivity index (χ3v) is 4.15. The molecule has 0 fully saturated rings. The number of hydrogen-bond acceptors (Lipinski definition) is 2. The number of Topliss-reactive ketones (excluding diaryl/α,β-unsaturated/α-hetero) is 1. The summed E-state index contributed by atoms with van der Waals surface area (Å²) in [5.74, 6) is -0.234. The Labute approximate surface area is 147 Å². The fourth-order valence-electron chi connectivity index (χ4n) is 2.73. The van der Waals surface area contributed by atoms with Crippen molar-refractivity contribution in [2.75, 3.05) is 5.32 Å². The number of aryl methyl sites for hydroxylation is 1. The van der Waals surface area contributed by atoms with Crippen molar-refractivity contribution < 1.29 is 9.18 Å². The fourth-order valence-corrected chi connectivity index (χ4v) is 2.73. The second kappa shape index (κ2) is 7.75. The molecular formula is C22H20FNO. The first kappa shape index (κ1) is 16.9. The number of ketones is 1. The van der Waals surface area contributed by atoms with E-state index in [0.29, 0.717) is 12.0 Å². The predicted molar refractivity (Wildman–Crippen MR) is 99.3 cm³/mol. The Morgan fingerprint density at radius 1 is 0.920 bits per heavy atom. The summed E-state index contributed by atoms with van der Waals surface area (Å²) in [6.07, 6.45) is 0.295. The standard InChI is InChI=1S/C22H20FNO/c1-16-7-13-20(14-8-16)24-21(17-9-11-19(23)12-10-17)15-22(25)18-5-3-2-4-6-18/h2-14,21,24H,15H2,1H3/t21-/m0/s1. The summed E-state index contributed by atoms with van der Waals surface area (Å²) in [4.78, 5) is 12.6. The van der Waals surface area contributed by atoms with Gasteiger partial charge in [0.25, 0.3) is 0 Å². The molecule has 2 nitrogen and oxygen atoms in total. The molecule has 3 aromatic carbocycles. The largest absolute Gasteiger partial charge is 0.378 e. The molecule has 25 heavy (non-hydrogen) atoms. The number of carbonyl (C=O) groups excluding carboxylic acids is 1. The lowest BCUT2D eigenvalue weighted by Gasteiger charge is -2.20. The van der Waals surface area contributed by atoms with Gasteiger partial charge in [0, 0.05) is 17.7 Å². The molecule has 126 valence electrons. The molecule has 3 aromatic rings. The van der Waals surface area contributed by atoms with E-state index < -0.39 is 0 Å². The molecule has 0 unspecified atom stereocenters. The summed E-state index contributed by atoms with van der Waals surface area (Å²) >= 11 is 0. The van der Waals surface area contributed by atoms with Gasteiger partial charge in [0.2, 0.25) is 0 Å². The Balaban J connectivity index is 1.84. The van der Waals surface area contributed by atoms with Crippen molar-refractivity contribution in [2.45, 2.75) is 19.4 Å². The Hall–Kier alpha value is -2.94. The SMILES string of the molecule is Cc1ccc(N[C@@H](CC(=O)c2ccccc2)c2ccc(F)cc2)cc1. The van der Waals surface area contributed by atoms with Crippen LogP contribution < -0.4 is 5.32 Å². The van der Waals surface area contributed by atoms with Crippen molar-refractivity contribution in [2.24, 2.45) is 0 Å². The van der Waals surface area contributed by atoms with E-state index in [1.165, 1.54) is 17.7 Å². The highest BCUT2D eigenvalue weighted by Gasteiger charge is 2.17. The molecular weight excluding hydrogens is 313 g/mol. The zero-order valence-electron chi connectivity index (χ0n) is 14.1. The lowest BCUT2D eigenvalue weighted by molar-refractivity contribution is 0.0976. The maximum Gasteiger partial charge on any atom is 0.165 e. The maximum absolute atomic E-state index is 13.3. The molecule has 3 rings (SSSR count). The summed E-state index contributed by atoms with van der Waals surface area (Å²) < 4.78 is 13.3. The van der Waals surface area contributed by atoms with Gasteiger partial charge in [-0.05, 0) is 36.8 Å².